The van der Waals surface area contributed by atoms with E-state index in [1.807, 2.05) is 37.3 Å². The van der Waals surface area contributed by atoms with E-state index in [1.54, 1.807) is 0 Å². The molecule has 0 bridgehead atoms. The quantitative estimate of drug-likeness (QED) is 0.760. The number of aryl methyl sites for hydroxylation is 1. The van der Waals surface area contributed by atoms with E-state index in [4.69, 9.17) is 10.00 Å². The normalized spacial score (nSPS) is 9.25. The predicted molar refractivity (Wildman–Crippen MR) is 59.9 cm³/mol. The van der Waals surface area contributed by atoms with Crippen LogP contribution in [0.3, 0.4) is 0 Å². The molecule has 0 aliphatic heterocycles. The van der Waals surface area contributed by atoms with E-state index in [0.29, 0.717) is 6.61 Å². The second-order valence-electron chi connectivity index (χ2n) is 3.35. The van der Waals surface area contributed by atoms with E-state index in [2.05, 4.69) is 5.32 Å². The minimum Gasteiger partial charge on any atom is -0.493 e. The van der Waals surface area contributed by atoms with Crippen LogP contribution in [0.15, 0.2) is 24.3 Å². The SMILES string of the molecule is Cc1cccc(OCCC(=O)NCC#N)c1. The molecule has 16 heavy (non-hydrogen) atoms. The molecule has 0 saturated carbocycles. The smallest absolute Gasteiger partial charge is 0.224 e. The van der Waals surface area contributed by atoms with Crippen molar-refractivity contribution in [2.24, 2.45) is 0 Å². The van der Waals surface area contributed by atoms with E-state index in [0.717, 1.165) is 11.3 Å². The lowest BCUT2D eigenvalue weighted by Gasteiger charge is -2.06. The molecule has 4 heteroatoms. The number of benzene rings is 1. The van der Waals surface area contributed by atoms with Crippen molar-refractivity contribution < 1.29 is 9.53 Å². The highest BCUT2D eigenvalue weighted by Gasteiger charge is 2.00. The molecule has 0 aliphatic carbocycles. The molecule has 1 rings (SSSR count). The third-order valence-corrected chi connectivity index (χ3v) is 1.95. The number of carbonyl (C=O) groups excluding carboxylic acids is 1. The van der Waals surface area contributed by atoms with Crippen molar-refractivity contribution in [2.45, 2.75) is 13.3 Å². The molecule has 1 N–H and O–H groups in total. The zero-order valence-corrected chi connectivity index (χ0v) is 9.19. The number of nitrogens with one attached hydrogen (secondary N) is 1. The van der Waals surface area contributed by atoms with Gasteiger partial charge in [-0.15, -0.1) is 0 Å². The lowest BCUT2D eigenvalue weighted by Crippen LogP contribution is -2.25. The van der Waals surface area contributed by atoms with E-state index in [-0.39, 0.29) is 18.9 Å². The molecule has 0 aromatic heterocycles. The average molecular weight is 218 g/mol. The van der Waals surface area contributed by atoms with Gasteiger partial charge in [-0.2, -0.15) is 5.26 Å². The van der Waals surface area contributed by atoms with E-state index in [1.165, 1.54) is 0 Å². The van der Waals surface area contributed by atoms with Gasteiger partial charge < -0.3 is 10.1 Å². The zero-order valence-electron chi connectivity index (χ0n) is 9.19. The van der Waals surface area contributed by atoms with Crippen molar-refractivity contribution in [2.75, 3.05) is 13.2 Å². The summed E-state index contributed by atoms with van der Waals surface area (Å²) in [6, 6.07) is 9.48. The molecule has 0 aliphatic rings. The second kappa shape index (κ2) is 6.46. The average Bonchev–Trinajstić information content (AvgIpc) is 2.26. The van der Waals surface area contributed by atoms with Crippen molar-refractivity contribution in [3.63, 3.8) is 0 Å². The summed E-state index contributed by atoms with van der Waals surface area (Å²) in [6.07, 6.45) is 0.260. The van der Waals surface area contributed by atoms with Crippen molar-refractivity contribution >= 4 is 5.91 Å². The Kier molecular flexibility index (Phi) is 4.87. The van der Waals surface area contributed by atoms with Gasteiger partial charge in [0.15, 0.2) is 0 Å². The summed E-state index contributed by atoms with van der Waals surface area (Å²) in [6.45, 7) is 2.34. The van der Waals surface area contributed by atoms with Crippen LogP contribution >= 0.6 is 0 Å². The van der Waals surface area contributed by atoms with Crippen LogP contribution in [0.1, 0.15) is 12.0 Å². The maximum absolute atomic E-state index is 11.1. The van der Waals surface area contributed by atoms with Crippen LogP contribution in [0, 0.1) is 18.3 Å². The molecule has 0 fully saturated rings. The maximum Gasteiger partial charge on any atom is 0.224 e. The summed E-state index contributed by atoms with van der Waals surface area (Å²) < 4.78 is 5.39. The Labute approximate surface area is 94.8 Å². The van der Waals surface area contributed by atoms with Crippen molar-refractivity contribution in [3.8, 4) is 11.8 Å². The molecule has 0 unspecified atom stereocenters. The van der Waals surface area contributed by atoms with Crippen LogP contribution in [-0.4, -0.2) is 19.1 Å². The van der Waals surface area contributed by atoms with Crippen LogP contribution in [0.4, 0.5) is 0 Å². The van der Waals surface area contributed by atoms with E-state index < -0.39 is 0 Å². The van der Waals surface area contributed by atoms with Crippen LogP contribution in [0.2, 0.25) is 0 Å². The summed E-state index contributed by atoms with van der Waals surface area (Å²) in [5, 5.41) is 10.7. The van der Waals surface area contributed by atoms with Crippen molar-refractivity contribution in [3.05, 3.63) is 29.8 Å². The van der Waals surface area contributed by atoms with Gasteiger partial charge in [-0.3, -0.25) is 4.79 Å². The molecule has 0 heterocycles. The van der Waals surface area contributed by atoms with Crippen LogP contribution in [-0.2, 0) is 4.79 Å². The Morgan fingerprint density at radius 2 is 2.38 bits per heavy atom. The van der Waals surface area contributed by atoms with Gasteiger partial charge in [-0.25, -0.2) is 0 Å². The fourth-order valence-electron chi connectivity index (χ4n) is 1.19. The van der Waals surface area contributed by atoms with Gasteiger partial charge in [0.05, 0.1) is 19.1 Å². The Morgan fingerprint density at radius 3 is 3.06 bits per heavy atom. The van der Waals surface area contributed by atoms with Crippen LogP contribution < -0.4 is 10.1 Å². The van der Waals surface area contributed by atoms with Gasteiger partial charge in [-0.05, 0) is 24.6 Å². The highest BCUT2D eigenvalue weighted by atomic mass is 16.5. The standard InChI is InChI=1S/C12H14N2O2/c1-10-3-2-4-11(9-10)16-8-5-12(15)14-7-6-13/h2-4,9H,5,7-8H2,1H3,(H,14,15). The lowest BCUT2D eigenvalue weighted by atomic mass is 10.2. The molecule has 84 valence electrons. The molecular formula is C12H14N2O2. The molecule has 1 aromatic rings. The maximum atomic E-state index is 11.1. The van der Waals surface area contributed by atoms with Gasteiger partial charge in [-0.1, -0.05) is 12.1 Å². The van der Waals surface area contributed by atoms with Gasteiger partial charge in [0.2, 0.25) is 5.91 Å². The largest absolute Gasteiger partial charge is 0.493 e. The first-order valence-electron chi connectivity index (χ1n) is 5.05. The number of ether oxygens (including phenoxy) is 1. The molecule has 1 amide bonds. The number of nitriles is 1. The molecular weight excluding hydrogens is 204 g/mol. The highest BCUT2D eigenvalue weighted by Crippen LogP contribution is 2.12. The van der Waals surface area contributed by atoms with Crippen LogP contribution in [0.5, 0.6) is 5.75 Å². The summed E-state index contributed by atoms with van der Waals surface area (Å²) in [7, 11) is 0. The van der Waals surface area contributed by atoms with Gasteiger partial charge in [0.25, 0.3) is 0 Å². The third kappa shape index (κ3) is 4.47. The van der Waals surface area contributed by atoms with Crippen molar-refractivity contribution in [1.29, 1.82) is 5.26 Å². The zero-order chi connectivity index (χ0) is 11.8. The third-order valence-electron chi connectivity index (χ3n) is 1.95. The molecule has 4 nitrogen and oxygen atoms in total. The summed E-state index contributed by atoms with van der Waals surface area (Å²) in [5.74, 6) is 0.585. The van der Waals surface area contributed by atoms with Gasteiger partial charge in [0, 0.05) is 0 Å². The fraction of sp³-hybridized carbons (Fsp3) is 0.333. The molecule has 0 spiro atoms. The predicted octanol–water partition coefficient (Wildman–Crippen LogP) is 1.40. The van der Waals surface area contributed by atoms with Crippen LogP contribution in [0.25, 0.3) is 0 Å². The number of nitrogens with zero attached hydrogens (tertiary/aromatic N) is 1. The highest BCUT2D eigenvalue weighted by molar-refractivity contribution is 5.76. The number of amides is 1. The topological polar surface area (TPSA) is 62.1 Å². The first-order chi connectivity index (χ1) is 7.72. The molecule has 0 radical (unpaired) electrons. The van der Waals surface area contributed by atoms with Gasteiger partial charge >= 0.3 is 0 Å². The van der Waals surface area contributed by atoms with E-state index in [9.17, 15) is 4.79 Å². The van der Waals surface area contributed by atoms with Gasteiger partial charge in [0.1, 0.15) is 12.3 Å². The molecule has 0 atom stereocenters. The summed E-state index contributed by atoms with van der Waals surface area (Å²) in [5.41, 5.74) is 1.12. The number of rotatable bonds is 5. The monoisotopic (exact) mass is 218 g/mol. The number of hydrogen-bond donors (Lipinski definition) is 1. The summed E-state index contributed by atoms with van der Waals surface area (Å²) in [4.78, 5) is 11.1. The first-order valence-corrected chi connectivity index (χ1v) is 5.05. The number of hydrogen-bond acceptors (Lipinski definition) is 3. The second-order valence-corrected chi connectivity index (χ2v) is 3.35. The lowest BCUT2D eigenvalue weighted by molar-refractivity contribution is -0.121. The minimum atomic E-state index is -0.172. The Morgan fingerprint density at radius 1 is 1.56 bits per heavy atom. The first kappa shape index (κ1) is 12.1. The Balaban J connectivity index is 2.26. The Bertz CT molecular complexity index is 396. The molecule has 0 saturated heterocycles. The fourth-order valence-corrected chi connectivity index (χ4v) is 1.19. The Hall–Kier alpha value is -2.02. The molecule has 1 aromatic carbocycles. The number of carbonyl (C=O) groups is 1. The van der Waals surface area contributed by atoms with Crippen molar-refractivity contribution in [1.82, 2.24) is 5.32 Å². The summed E-state index contributed by atoms with van der Waals surface area (Å²) >= 11 is 0. The van der Waals surface area contributed by atoms with E-state index >= 15 is 0 Å². The minimum absolute atomic E-state index is 0.0449.